The normalized spacial score (nSPS) is 17.3. The summed E-state index contributed by atoms with van der Waals surface area (Å²) in [4.78, 5) is 0. The molecule has 0 radical (unpaired) electrons. The second-order valence-corrected chi connectivity index (χ2v) is 6.43. The van der Waals surface area contributed by atoms with E-state index in [9.17, 15) is 0 Å². The molecular formula is C22H26O6. The van der Waals surface area contributed by atoms with Crippen molar-refractivity contribution >= 4 is 0 Å². The Kier molecular flexibility index (Phi) is 5.87. The molecule has 2 aromatic carbocycles. The van der Waals surface area contributed by atoms with Crippen LogP contribution in [0, 0.1) is 0 Å². The van der Waals surface area contributed by atoms with Gasteiger partial charge in [0.05, 0.1) is 28.4 Å². The summed E-state index contributed by atoms with van der Waals surface area (Å²) in [7, 11) is 6.41. The number of hydrogen-bond donors (Lipinski definition) is 0. The van der Waals surface area contributed by atoms with Crippen molar-refractivity contribution in [1.29, 1.82) is 0 Å². The van der Waals surface area contributed by atoms with Gasteiger partial charge in [-0.15, -0.1) is 0 Å². The lowest BCUT2D eigenvalue weighted by atomic mass is 9.92. The van der Waals surface area contributed by atoms with Crippen molar-refractivity contribution in [2.45, 2.75) is 18.9 Å². The molecule has 2 unspecified atom stereocenters. The first-order valence-electron chi connectivity index (χ1n) is 9.00. The van der Waals surface area contributed by atoms with E-state index in [1.54, 1.807) is 34.5 Å². The Bertz CT molecular complexity index is 835. The molecule has 6 nitrogen and oxygen atoms in total. The molecule has 2 aromatic rings. The van der Waals surface area contributed by atoms with Crippen LogP contribution in [-0.4, -0.2) is 35.0 Å². The second kappa shape index (κ2) is 8.33. The average molecular weight is 386 g/mol. The van der Waals surface area contributed by atoms with Gasteiger partial charge in [-0.25, -0.2) is 0 Å². The highest BCUT2D eigenvalue weighted by molar-refractivity contribution is 5.58. The van der Waals surface area contributed by atoms with Crippen molar-refractivity contribution < 1.29 is 28.4 Å². The number of methoxy groups -OCH3 is 4. The van der Waals surface area contributed by atoms with Gasteiger partial charge in [-0.2, -0.15) is 0 Å². The molecule has 0 spiro atoms. The maximum absolute atomic E-state index is 6.28. The molecule has 0 aliphatic carbocycles. The summed E-state index contributed by atoms with van der Waals surface area (Å²) >= 11 is 0. The Labute approximate surface area is 165 Å². The fourth-order valence-corrected chi connectivity index (χ4v) is 3.46. The Balaban J connectivity index is 2.00. The highest BCUT2D eigenvalue weighted by Gasteiger charge is 2.35. The van der Waals surface area contributed by atoms with Crippen LogP contribution >= 0.6 is 0 Å². The molecular weight excluding hydrogens is 360 g/mol. The Hall–Kier alpha value is -3.02. The summed E-state index contributed by atoms with van der Waals surface area (Å²) in [5.41, 5.74) is 1.99. The van der Waals surface area contributed by atoms with E-state index in [0.29, 0.717) is 35.4 Å². The van der Waals surface area contributed by atoms with Gasteiger partial charge in [-0.05, 0) is 18.2 Å². The quantitative estimate of drug-likeness (QED) is 0.622. The molecule has 28 heavy (non-hydrogen) atoms. The predicted molar refractivity (Wildman–Crippen MR) is 107 cm³/mol. The molecule has 0 bridgehead atoms. The summed E-state index contributed by atoms with van der Waals surface area (Å²) in [6.07, 6.45) is 1.48. The number of fused-ring (bicyclic) bond motifs is 1. The van der Waals surface area contributed by atoms with Gasteiger partial charge >= 0.3 is 0 Å². The van der Waals surface area contributed by atoms with Crippen molar-refractivity contribution in [3.05, 3.63) is 48.0 Å². The van der Waals surface area contributed by atoms with Crippen LogP contribution in [0.5, 0.6) is 34.5 Å². The van der Waals surface area contributed by atoms with Crippen molar-refractivity contribution in [3.63, 3.8) is 0 Å². The molecule has 1 heterocycles. The summed E-state index contributed by atoms with van der Waals surface area (Å²) in [6, 6.07) is 7.67. The van der Waals surface area contributed by atoms with Crippen molar-refractivity contribution in [2.75, 3.05) is 35.0 Å². The maximum atomic E-state index is 6.28. The molecule has 1 aliphatic heterocycles. The first kappa shape index (κ1) is 19.7. The average Bonchev–Trinajstić information content (AvgIpc) is 3.05. The first-order chi connectivity index (χ1) is 13.6. The molecule has 0 saturated heterocycles. The zero-order chi connectivity index (χ0) is 20.3. The molecule has 1 aliphatic rings. The third-order valence-corrected chi connectivity index (χ3v) is 4.87. The first-order valence-corrected chi connectivity index (χ1v) is 9.00. The fourth-order valence-electron chi connectivity index (χ4n) is 3.46. The Morgan fingerprint density at radius 3 is 2.07 bits per heavy atom. The zero-order valence-electron chi connectivity index (χ0n) is 16.9. The van der Waals surface area contributed by atoms with Gasteiger partial charge in [0.2, 0.25) is 5.75 Å². The van der Waals surface area contributed by atoms with Crippen LogP contribution in [-0.2, 0) is 0 Å². The molecule has 2 atom stereocenters. The van der Waals surface area contributed by atoms with E-state index in [1.165, 1.54) is 0 Å². The molecule has 6 heteroatoms. The van der Waals surface area contributed by atoms with Crippen LogP contribution in [0.3, 0.4) is 0 Å². The topological polar surface area (TPSA) is 55.4 Å². The lowest BCUT2D eigenvalue weighted by Gasteiger charge is -2.19. The summed E-state index contributed by atoms with van der Waals surface area (Å²) in [6.45, 7) is 6.19. The summed E-state index contributed by atoms with van der Waals surface area (Å²) in [5.74, 6) is 3.90. The lowest BCUT2D eigenvalue weighted by Crippen LogP contribution is -2.08. The van der Waals surface area contributed by atoms with E-state index in [4.69, 9.17) is 28.4 Å². The van der Waals surface area contributed by atoms with E-state index in [1.807, 2.05) is 24.3 Å². The Morgan fingerprint density at radius 1 is 0.893 bits per heavy atom. The molecule has 0 fully saturated rings. The second-order valence-electron chi connectivity index (χ2n) is 6.43. The molecule has 0 N–H and O–H groups in total. The highest BCUT2D eigenvalue weighted by atomic mass is 16.5. The van der Waals surface area contributed by atoms with Crippen LogP contribution in [0.1, 0.15) is 30.1 Å². The summed E-state index contributed by atoms with van der Waals surface area (Å²) in [5, 5.41) is 0. The van der Waals surface area contributed by atoms with Gasteiger partial charge < -0.3 is 28.4 Å². The van der Waals surface area contributed by atoms with E-state index < -0.39 is 0 Å². The van der Waals surface area contributed by atoms with Crippen LogP contribution < -0.4 is 28.4 Å². The molecule has 0 aromatic heterocycles. The van der Waals surface area contributed by atoms with E-state index in [-0.39, 0.29) is 12.0 Å². The van der Waals surface area contributed by atoms with Crippen molar-refractivity contribution in [1.82, 2.24) is 0 Å². The standard InChI is InChI=1S/C22H26O6/c1-7-8-27-18-12-16-15(11-17(18)23-3)13(2)21(28-16)14-9-19(24-4)22(26-6)20(10-14)25-5/h7,9-13,21H,1,8H2,2-6H3. The van der Waals surface area contributed by atoms with E-state index in [2.05, 4.69) is 13.5 Å². The van der Waals surface area contributed by atoms with Gasteiger partial charge in [0.15, 0.2) is 23.0 Å². The van der Waals surface area contributed by atoms with E-state index in [0.717, 1.165) is 16.9 Å². The van der Waals surface area contributed by atoms with Gasteiger partial charge in [0.1, 0.15) is 18.5 Å². The molecule has 0 amide bonds. The predicted octanol–water partition coefficient (Wildman–Crippen LogP) is 4.52. The van der Waals surface area contributed by atoms with Gasteiger partial charge in [-0.3, -0.25) is 0 Å². The van der Waals surface area contributed by atoms with Crippen molar-refractivity contribution in [3.8, 4) is 34.5 Å². The monoisotopic (exact) mass is 386 g/mol. The smallest absolute Gasteiger partial charge is 0.203 e. The fraction of sp³-hybridized carbons (Fsp3) is 0.364. The SMILES string of the molecule is C=CCOc1cc2c(cc1OC)C(C)C(c1cc(OC)c(OC)c(OC)c1)O2. The molecule has 150 valence electrons. The highest BCUT2D eigenvalue weighted by Crippen LogP contribution is 2.51. The van der Waals surface area contributed by atoms with Gasteiger partial charge in [0, 0.05) is 23.1 Å². The number of ether oxygens (including phenoxy) is 6. The van der Waals surface area contributed by atoms with Crippen molar-refractivity contribution in [2.24, 2.45) is 0 Å². The van der Waals surface area contributed by atoms with E-state index >= 15 is 0 Å². The summed E-state index contributed by atoms with van der Waals surface area (Å²) < 4.78 is 33.9. The van der Waals surface area contributed by atoms with Crippen LogP contribution in [0.15, 0.2) is 36.9 Å². The largest absolute Gasteiger partial charge is 0.493 e. The minimum Gasteiger partial charge on any atom is -0.493 e. The Morgan fingerprint density at radius 2 is 1.54 bits per heavy atom. The van der Waals surface area contributed by atoms with Gasteiger partial charge in [-0.1, -0.05) is 19.6 Å². The number of hydrogen-bond acceptors (Lipinski definition) is 6. The minimum absolute atomic E-state index is 0.0974. The number of benzene rings is 2. The van der Waals surface area contributed by atoms with Crippen LogP contribution in [0.2, 0.25) is 0 Å². The number of rotatable bonds is 8. The van der Waals surface area contributed by atoms with Gasteiger partial charge in [0.25, 0.3) is 0 Å². The zero-order valence-corrected chi connectivity index (χ0v) is 16.9. The lowest BCUT2D eigenvalue weighted by molar-refractivity contribution is 0.213. The third kappa shape index (κ3) is 3.42. The maximum Gasteiger partial charge on any atom is 0.203 e. The third-order valence-electron chi connectivity index (χ3n) is 4.87. The van der Waals surface area contributed by atoms with Crippen LogP contribution in [0.25, 0.3) is 0 Å². The van der Waals surface area contributed by atoms with Crippen LogP contribution in [0.4, 0.5) is 0 Å². The minimum atomic E-state index is -0.205. The molecule has 3 rings (SSSR count). The molecule has 0 saturated carbocycles.